The van der Waals surface area contributed by atoms with Crippen LogP contribution in [-0.4, -0.2) is 49.8 Å². The van der Waals surface area contributed by atoms with E-state index in [-0.39, 0.29) is 25.0 Å². The van der Waals surface area contributed by atoms with Gasteiger partial charge in [0, 0.05) is 18.4 Å². The molecule has 1 aliphatic carbocycles. The summed E-state index contributed by atoms with van der Waals surface area (Å²) in [5.41, 5.74) is 0.237. The van der Waals surface area contributed by atoms with E-state index in [1.165, 1.54) is 14.0 Å². The Balaban J connectivity index is 1.88. The van der Waals surface area contributed by atoms with Crippen LogP contribution in [0.15, 0.2) is 12.2 Å². The smallest absolute Gasteiger partial charge is 0.333 e. The maximum Gasteiger partial charge on any atom is 0.333 e. The summed E-state index contributed by atoms with van der Waals surface area (Å²) in [6.45, 7) is 4.80. The van der Waals surface area contributed by atoms with Gasteiger partial charge in [-0.1, -0.05) is 6.58 Å². The second kappa shape index (κ2) is 7.46. The number of ether oxygens (including phenoxy) is 4. The molecular formula is C16H20O8. The lowest BCUT2D eigenvalue weighted by Gasteiger charge is -2.29. The van der Waals surface area contributed by atoms with E-state index in [9.17, 15) is 19.2 Å². The molecule has 0 spiro atoms. The minimum absolute atomic E-state index is 0.134. The number of fused-ring (bicyclic) bond motifs is 2. The molecular weight excluding hydrogens is 320 g/mol. The van der Waals surface area contributed by atoms with E-state index in [0.717, 1.165) is 0 Å². The van der Waals surface area contributed by atoms with Crippen LogP contribution >= 0.6 is 0 Å². The molecule has 0 aromatic carbocycles. The van der Waals surface area contributed by atoms with Crippen LogP contribution in [0.4, 0.5) is 0 Å². The molecule has 1 heterocycles. The van der Waals surface area contributed by atoms with Crippen molar-refractivity contribution < 1.29 is 38.1 Å². The number of hydrogen-bond donors (Lipinski definition) is 0. The standard InChI is InChI=1S/C16H20O8/c1-8(2)14(18)22-5-4-13(17)23-11-6-9(15(19)21-3)10-7-12(11)24-16(10)20/h9-12H,1,4-7H2,2-3H3. The summed E-state index contributed by atoms with van der Waals surface area (Å²) in [6.07, 6.45) is -0.902. The molecule has 2 rings (SSSR count). The summed E-state index contributed by atoms with van der Waals surface area (Å²) in [7, 11) is 1.24. The molecule has 8 heteroatoms. The Hall–Kier alpha value is -2.38. The van der Waals surface area contributed by atoms with Crippen molar-refractivity contribution in [1.29, 1.82) is 0 Å². The molecule has 8 nitrogen and oxygen atoms in total. The van der Waals surface area contributed by atoms with Gasteiger partial charge < -0.3 is 18.9 Å². The molecule has 1 saturated carbocycles. The fraction of sp³-hybridized carbons (Fsp3) is 0.625. The zero-order valence-corrected chi connectivity index (χ0v) is 13.6. The van der Waals surface area contributed by atoms with Crippen LogP contribution in [0.1, 0.15) is 26.2 Å². The molecule has 0 aromatic heterocycles. The Morgan fingerprint density at radius 3 is 2.62 bits per heavy atom. The highest BCUT2D eigenvalue weighted by Gasteiger charge is 2.53. The van der Waals surface area contributed by atoms with E-state index in [4.69, 9.17) is 18.9 Å². The highest BCUT2D eigenvalue weighted by Crippen LogP contribution is 2.40. The van der Waals surface area contributed by atoms with Gasteiger partial charge in [0.05, 0.1) is 25.4 Å². The van der Waals surface area contributed by atoms with Crippen molar-refractivity contribution in [2.45, 2.75) is 38.4 Å². The monoisotopic (exact) mass is 340 g/mol. The maximum absolute atomic E-state index is 11.9. The Morgan fingerprint density at radius 1 is 1.29 bits per heavy atom. The van der Waals surface area contributed by atoms with E-state index < -0.39 is 47.9 Å². The van der Waals surface area contributed by atoms with E-state index >= 15 is 0 Å². The lowest BCUT2D eigenvalue weighted by Crippen LogP contribution is -2.40. The van der Waals surface area contributed by atoms with E-state index in [1.54, 1.807) is 0 Å². The summed E-state index contributed by atoms with van der Waals surface area (Å²) in [6, 6.07) is 0. The number of methoxy groups -OCH3 is 1. The molecule has 4 atom stereocenters. The van der Waals surface area contributed by atoms with Gasteiger partial charge in [-0.3, -0.25) is 14.4 Å². The number of carbonyl (C=O) groups excluding carboxylic acids is 4. The molecule has 0 N–H and O–H groups in total. The third-order valence-electron chi connectivity index (χ3n) is 4.12. The average molecular weight is 340 g/mol. The molecule has 24 heavy (non-hydrogen) atoms. The summed E-state index contributed by atoms with van der Waals surface area (Å²) in [5, 5.41) is 0. The minimum Gasteiger partial charge on any atom is -0.469 e. The zero-order valence-electron chi connectivity index (χ0n) is 13.6. The van der Waals surface area contributed by atoms with Crippen LogP contribution in [0.25, 0.3) is 0 Å². The first kappa shape index (κ1) is 18.0. The molecule has 0 amide bonds. The highest BCUT2D eigenvalue weighted by atomic mass is 16.6. The lowest BCUT2D eigenvalue weighted by molar-refractivity contribution is -0.164. The van der Waals surface area contributed by atoms with Gasteiger partial charge in [0.25, 0.3) is 0 Å². The van der Waals surface area contributed by atoms with Crippen molar-refractivity contribution in [3.63, 3.8) is 0 Å². The normalized spacial score (nSPS) is 27.8. The largest absolute Gasteiger partial charge is 0.469 e. The third kappa shape index (κ3) is 3.93. The molecule has 0 aromatic rings. The Bertz CT molecular complexity index is 566. The molecule has 1 saturated heterocycles. The summed E-state index contributed by atoms with van der Waals surface area (Å²) in [4.78, 5) is 46.7. The molecule has 2 aliphatic rings. The molecule has 4 unspecified atom stereocenters. The van der Waals surface area contributed by atoms with Crippen molar-refractivity contribution in [3.05, 3.63) is 12.2 Å². The van der Waals surface area contributed by atoms with E-state index in [1.807, 2.05) is 0 Å². The summed E-state index contributed by atoms with van der Waals surface area (Å²) >= 11 is 0. The van der Waals surface area contributed by atoms with Gasteiger partial charge >= 0.3 is 23.9 Å². The van der Waals surface area contributed by atoms with Gasteiger partial charge in [0.2, 0.25) is 0 Å². The second-order valence-electron chi connectivity index (χ2n) is 5.88. The lowest BCUT2D eigenvalue weighted by atomic mass is 9.78. The molecule has 2 bridgehead atoms. The van der Waals surface area contributed by atoms with Gasteiger partial charge in [-0.05, 0) is 6.92 Å². The number of esters is 4. The fourth-order valence-corrected chi connectivity index (χ4v) is 2.87. The number of rotatable bonds is 6. The molecule has 132 valence electrons. The van der Waals surface area contributed by atoms with E-state index in [2.05, 4.69) is 6.58 Å². The zero-order chi connectivity index (χ0) is 17.9. The van der Waals surface area contributed by atoms with E-state index in [0.29, 0.717) is 6.42 Å². The maximum atomic E-state index is 11.9. The van der Waals surface area contributed by atoms with Crippen LogP contribution in [0.2, 0.25) is 0 Å². The SMILES string of the molecule is C=C(C)C(=O)OCCC(=O)OC1CC(C(=O)OC)C2CC1OC2=O. The first-order valence-electron chi connectivity index (χ1n) is 7.64. The van der Waals surface area contributed by atoms with Crippen LogP contribution in [0.3, 0.4) is 0 Å². The quantitative estimate of drug-likeness (QED) is 0.392. The molecule has 2 fully saturated rings. The second-order valence-corrected chi connectivity index (χ2v) is 5.88. The van der Waals surface area contributed by atoms with Crippen molar-refractivity contribution >= 4 is 23.9 Å². The first-order chi connectivity index (χ1) is 11.3. The van der Waals surface area contributed by atoms with Crippen LogP contribution < -0.4 is 0 Å². The van der Waals surface area contributed by atoms with Crippen molar-refractivity contribution in [2.24, 2.45) is 11.8 Å². The fourth-order valence-electron chi connectivity index (χ4n) is 2.87. The van der Waals surface area contributed by atoms with Crippen LogP contribution in [-0.2, 0) is 38.1 Å². The minimum atomic E-state index is -0.707. The molecule has 1 aliphatic heterocycles. The predicted molar refractivity (Wildman–Crippen MR) is 78.4 cm³/mol. The number of carbonyl (C=O) groups is 4. The first-order valence-corrected chi connectivity index (χ1v) is 7.64. The van der Waals surface area contributed by atoms with Gasteiger partial charge in [-0.15, -0.1) is 0 Å². The van der Waals surface area contributed by atoms with Gasteiger partial charge in [0.1, 0.15) is 18.8 Å². The summed E-state index contributed by atoms with van der Waals surface area (Å²) in [5.74, 6) is -3.40. The molecule has 0 radical (unpaired) electrons. The Kier molecular flexibility index (Phi) is 5.58. The van der Waals surface area contributed by atoms with Gasteiger partial charge in [0.15, 0.2) is 0 Å². The predicted octanol–water partition coefficient (Wildman–Crippen LogP) is 0.532. The summed E-state index contributed by atoms with van der Waals surface area (Å²) < 4.78 is 20.0. The van der Waals surface area contributed by atoms with Crippen molar-refractivity contribution in [2.75, 3.05) is 13.7 Å². The van der Waals surface area contributed by atoms with Crippen LogP contribution in [0, 0.1) is 11.8 Å². The van der Waals surface area contributed by atoms with Gasteiger partial charge in [-0.2, -0.15) is 0 Å². The van der Waals surface area contributed by atoms with Gasteiger partial charge in [-0.25, -0.2) is 4.79 Å². The third-order valence-corrected chi connectivity index (χ3v) is 4.12. The Morgan fingerprint density at radius 2 is 2.00 bits per heavy atom. The van der Waals surface area contributed by atoms with Crippen LogP contribution in [0.5, 0.6) is 0 Å². The van der Waals surface area contributed by atoms with Crippen molar-refractivity contribution in [1.82, 2.24) is 0 Å². The number of hydrogen-bond acceptors (Lipinski definition) is 8. The Labute approximate surface area is 139 Å². The average Bonchev–Trinajstić information content (AvgIpc) is 2.86. The van der Waals surface area contributed by atoms with Crippen molar-refractivity contribution in [3.8, 4) is 0 Å². The highest BCUT2D eigenvalue weighted by molar-refractivity contribution is 5.87. The topological polar surface area (TPSA) is 105 Å².